The van der Waals surface area contributed by atoms with Gasteiger partial charge >= 0.3 is 11.9 Å². The summed E-state index contributed by atoms with van der Waals surface area (Å²) in [5.74, 6) is 2.67. The molecule has 0 atom stereocenters. The second kappa shape index (κ2) is 4.26. The molecule has 0 aromatic carbocycles. The SMILES string of the molecule is COC(=O)C/C(=N\N)C(=O)O. The highest BCUT2D eigenvalue weighted by Crippen LogP contribution is 1.88. The number of hydrogen-bond acceptors (Lipinski definition) is 5. The summed E-state index contributed by atoms with van der Waals surface area (Å²) in [5, 5.41) is 11.2. The number of ether oxygens (including phenoxy) is 1. The number of carbonyl (C=O) groups excluding carboxylic acids is 1. The summed E-state index contributed by atoms with van der Waals surface area (Å²) in [4.78, 5) is 20.6. The molecular weight excluding hydrogens is 152 g/mol. The van der Waals surface area contributed by atoms with Gasteiger partial charge in [0.1, 0.15) is 0 Å². The van der Waals surface area contributed by atoms with Crippen molar-refractivity contribution in [2.24, 2.45) is 10.9 Å². The van der Waals surface area contributed by atoms with Crippen LogP contribution >= 0.6 is 0 Å². The van der Waals surface area contributed by atoms with Crippen molar-refractivity contribution in [2.45, 2.75) is 6.42 Å². The van der Waals surface area contributed by atoms with Gasteiger partial charge in [-0.05, 0) is 0 Å². The van der Waals surface area contributed by atoms with E-state index in [2.05, 4.69) is 15.7 Å². The highest BCUT2D eigenvalue weighted by Gasteiger charge is 2.14. The van der Waals surface area contributed by atoms with Crippen molar-refractivity contribution in [2.75, 3.05) is 7.11 Å². The predicted molar refractivity (Wildman–Crippen MR) is 35.9 cm³/mol. The molecule has 0 unspecified atom stereocenters. The second-order valence-corrected chi connectivity index (χ2v) is 1.63. The molecule has 0 saturated carbocycles. The van der Waals surface area contributed by atoms with Crippen LogP contribution in [-0.2, 0) is 14.3 Å². The summed E-state index contributed by atoms with van der Waals surface area (Å²) < 4.78 is 4.19. The first-order valence-corrected chi connectivity index (χ1v) is 2.68. The molecule has 0 radical (unpaired) electrons. The highest BCUT2D eigenvalue weighted by atomic mass is 16.5. The van der Waals surface area contributed by atoms with Gasteiger partial charge in [-0.2, -0.15) is 5.10 Å². The molecule has 6 nitrogen and oxygen atoms in total. The third-order valence-corrected chi connectivity index (χ3v) is 0.942. The van der Waals surface area contributed by atoms with Gasteiger partial charge in [0.2, 0.25) is 0 Å². The standard InChI is InChI=1S/C5H8N2O4/c1-11-4(8)2-3(7-6)5(9)10/h2,6H2,1H3,(H,9,10)/b7-3+. The first-order chi connectivity index (χ1) is 5.11. The number of carboxylic acids is 1. The molecule has 0 aliphatic carbocycles. The lowest BCUT2D eigenvalue weighted by molar-refractivity contribution is -0.140. The Balaban J connectivity index is 4.12. The normalized spacial score (nSPS) is 10.8. The molecule has 0 aliphatic heterocycles. The zero-order valence-electron chi connectivity index (χ0n) is 5.90. The van der Waals surface area contributed by atoms with E-state index >= 15 is 0 Å². The lowest BCUT2D eigenvalue weighted by atomic mass is 10.3. The van der Waals surface area contributed by atoms with Crippen LogP contribution in [0.3, 0.4) is 0 Å². The fourth-order valence-electron chi connectivity index (χ4n) is 0.385. The number of carbonyl (C=O) groups is 2. The molecule has 0 bridgehead atoms. The number of nitrogens with two attached hydrogens (primary N) is 1. The zero-order chi connectivity index (χ0) is 8.85. The Morgan fingerprint density at radius 3 is 2.45 bits per heavy atom. The maximum Gasteiger partial charge on any atom is 0.352 e. The van der Waals surface area contributed by atoms with E-state index in [1.54, 1.807) is 0 Å². The average molecular weight is 160 g/mol. The average Bonchev–Trinajstić information content (AvgIpc) is 1.99. The third kappa shape index (κ3) is 3.19. The largest absolute Gasteiger partial charge is 0.477 e. The molecule has 0 amide bonds. The van der Waals surface area contributed by atoms with Crippen molar-refractivity contribution in [1.82, 2.24) is 0 Å². The number of hydrazone groups is 1. The van der Waals surface area contributed by atoms with Crippen LogP contribution in [0.5, 0.6) is 0 Å². The summed E-state index contributed by atoms with van der Waals surface area (Å²) in [6.07, 6.45) is -0.414. The Hall–Kier alpha value is -1.59. The Bertz CT molecular complexity index is 199. The quantitative estimate of drug-likeness (QED) is 0.237. The first-order valence-electron chi connectivity index (χ1n) is 2.68. The number of methoxy groups -OCH3 is 1. The van der Waals surface area contributed by atoms with E-state index in [1.807, 2.05) is 0 Å². The third-order valence-electron chi connectivity index (χ3n) is 0.942. The van der Waals surface area contributed by atoms with Gasteiger partial charge in [0.25, 0.3) is 0 Å². The van der Waals surface area contributed by atoms with E-state index in [-0.39, 0.29) is 0 Å². The summed E-state index contributed by atoms with van der Waals surface area (Å²) in [6.45, 7) is 0. The Labute approximate surface area is 62.6 Å². The molecule has 0 aliphatic rings. The molecule has 0 heterocycles. The van der Waals surface area contributed by atoms with Crippen molar-refractivity contribution < 1.29 is 19.4 Å². The summed E-state index contributed by atoms with van der Waals surface area (Å²) in [7, 11) is 1.15. The number of hydrogen-bond donors (Lipinski definition) is 2. The van der Waals surface area contributed by atoms with Crippen LogP contribution in [0.2, 0.25) is 0 Å². The molecule has 0 spiro atoms. The number of carboxylic acid groups (broad SMARTS) is 1. The molecule has 62 valence electrons. The van der Waals surface area contributed by atoms with Gasteiger partial charge < -0.3 is 15.7 Å². The summed E-state index contributed by atoms with van der Waals surface area (Å²) in [5.41, 5.74) is -0.420. The van der Waals surface area contributed by atoms with E-state index in [4.69, 9.17) is 5.11 Å². The van der Waals surface area contributed by atoms with E-state index in [0.29, 0.717) is 0 Å². The van der Waals surface area contributed by atoms with Gasteiger partial charge in [0.05, 0.1) is 13.5 Å². The Kier molecular flexibility index (Phi) is 3.65. The first kappa shape index (κ1) is 9.41. The summed E-state index contributed by atoms with van der Waals surface area (Å²) >= 11 is 0. The molecule has 11 heavy (non-hydrogen) atoms. The highest BCUT2D eigenvalue weighted by molar-refractivity contribution is 6.38. The van der Waals surface area contributed by atoms with Gasteiger partial charge in [-0.15, -0.1) is 0 Å². The number of aliphatic carboxylic acids is 1. The fourth-order valence-corrected chi connectivity index (χ4v) is 0.385. The van der Waals surface area contributed by atoms with Crippen LogP contribution in [0.1, 0.15) is 6.42 Å². The monoisotopic (exact) mass is 160 g/mol. The summed E-state index contributed by atoms with van der Waals surface area (Å²) in [6, 6.07) is 0. The van der Waals surface area contributed by atoms with Crippen molar-refractivity contribution in [3.05, 3.63) is 0 Å². The van der Waals surface area contributed by atoms with Crippen molar-refractivity contribution in [3.8, 4) is 0 Å². The number of esters is 1. The van der Waals surface area contributed by atoms with Gasteiger partial charge in [-0.1, -0.05) is 0 Å². The number of nitrogens with zero attached hydrogens (tertiary/aromatic N) is 1. The van der Waals surface area contributed by atoms with Gasteiger partial charge in [0.15, 0.2) is 5.71 Å². The second-order valence-electron chi connectivity index (χ2n) is 1.63. The maximum atomic E-state index is 10.5. The predicted octanol–water partition coefficient (Wildman–Crippen LogP) is -1.05. The molecule has 0 rings (SSSR count). The van der Waals surface area contributed by atoms with Crippen LogP contribution in [0.25, 0.3) is 0 Å². The van der Waals surface area contributed by atoms with Gasteiger partial charge in [0, 0.05) is 0 Å². The van der Waals surface area contributed by atoms with E-state index in [9.17, 15) is 9.59 Å². The van der Waals surface area contributed by atoms with Gasteiger partial charge in [-0.3, -0.25) is 4.79 Å². The van der Waals surface area contributed by atoms with E-state index < -0.39 is 24.1 Å². The molecular formula is C5H8N2O4. The van der Waals surface area contributed by atoms with E-state index in [0.717, 1.165) is 7.11 Å². The fraction of sp³-hybridized carbons (Fsp3) is 0.400. The molecule has 0 aromatic heterocycles. The van der Waals surface area contributed by atoms with Gasteiger partial charge in [-0.25, -0.2) is 4.79 Å². The van der Waals surface area contributed by atoms with Crippen LogP contribution < -0.4 is 5.84 Å². The van der Waals surface area contributed by atoms with Crippen LogP contribution in [-0.4, -0.2) is 29.9 Å². The van der Waals surface area contributed by atoms with Crippen LogP contribution in [0.4, 0.5) is 0 Å². The van der Waals surface area contributed by atoms with E-state index in [1.165, 1.54) is 0 Å². The lowest BCUT2D eigenvalue weighted by Crippen LogP contribution is -2.19. The minimum atomic E-state index is -1.32. The Morgan fingerprint density at radius 1 is 1.64 bits per heavy atom. The van der Waals surface area contributed by atoms with Crippen molar-refractivity contribution in [3.63, 3.8) is 0 Å². The molecule has 0 fully saturated rings. The number of rotatable bonds is 3. The minimum absolute atomic E-state index is 0.414. The molecule has 6 heteroatoms. The maximum absolute atomic E-state index is 10.5. The molecule has 3 N–H and O–H groups in total. The topological polar surface area (TPSA) is 102 Å². The van der Waals surface area contributed by atoms with Crippen LogP contribution in [0.15, 0.2) is 5.10 Å². The minimum Gasteiger partial charge on any atom is -0.477 e. The Morgan fingerprint density at radius 2 is 2.18 bits per heavy atom. The van der Waals surface area contributed by atoms with Crippen LogP contribution in [0, 0.1) is 0 Å². The van der Waals surface area contributed by atoms with Crippen molar-refractivity contribution >= 4 is 17.7 Å². The smallest absolute Gasteiger partial charge is 0.352 e. The zero-order valence-corrected chi connectivity index (χ0v) is 5.90. The molecule has 0 aromatic rings. The lowest BCUT2D eigenvalue weighted by Gasteiger charge is -1.96. The van der Waals surface area contributed by atoms with Crippen molar-refractivity contribution in [1.29, 1.82) is 0 Å². The molecule has 0 saturated heterocycles.